The molecule has 0 saturated heterocycles. The number of aromatic amines is 1. The maximum absolute atomic E-state index is 12.5. The second-order valence-corrected chi connectivity index (χ2v) is 6.62. The molecule has 1 saturated carbocycles. The zero-order chi connectivity index (χ0) is 19.0. The minimum absolute atomic E-state index is 0.0652. The first-order chi connectivity index (χ1) is 13.0. The molecule has 3 N–H and O–H groups in total. The third-order valence-corrected chi connectivity index (χ3v) is 4.56. The zero-order valence-corrected chi connectivity index (χ0v) is 14.6. The standard InChI is InChI=1S/C19H18N4O4/c1-10(11-5-6-11)27-13-7-12(8-20-9-13)17(24)23-19-21-15-4-2-3-14(18(25)26)16(15)22-19/h2-4,7-11H,5-6H2,1H3,(H,25,26)(H2,21,22,23,24). The monoisotopic (exact) mass is 366 g/mol. The molecule has 1 atom stereocenters. The lowest BCUT2D eigenvalue weighted by Gasteiger charge is -2.13. The Morgan fingerprint density at radius 2 is 2.15 bits per heavy atom. The number of anilines is 1. The van der Waals surface area contributed by atoms with E-state index in [4.69, 9.17) is 4.74 Å². The van der Waals surface area contributed by atoms with Crippen LogP contribution in [0.1, 0.15) is 40.5 Å². The second-order valence-electron chi connectivity index (χ2n) is 6.62. The molecule has 0 spiro atoms. The largest absolute Gasteiger partial charge is 0.489 e. The zero-order valence-electron chi connectivity index (χ0n) is 14.6. The number of benzene rings is 1. The van der Waals surface area contributed by atoms with Gasteiger partial charge in [-0.05, 0) is 43.9 Å². The summed E-state index contributed by atoms with van der Waals surface area (Å²) < 4.78 is 5.84. The molecular formula is C19H18N4O4. The lowest BCUT2D eigenvalue weighted by molar-refractivity contribution is 0.0698. The van der Waals surface area contributed by atoms with Crippen LogP contribution in [0.15, 0.2) is 36.7 Å². The number of aromatic nitrogens is 3. The number of aromatic carboxylic acids is 1. The quantitative estimate of drug-likeness (QED) is 0.617. The first-order valence-corrected chi connectivity index (χ1v) is 8.66. The number of nitrogens with zero attached hydrogens (tertiary/aromatic N) is 2. The van der Waals surface area contributed by atoms with Crippen LogP contribution in [0, 0.1) is 5.92 Å². The van der Waals surface area contributed by atoms with Crippen molar-refractivity contribution < 1.29 is 19.4 Å². The molecule has 1 fully saturated rings. The fraction of sp³-hybridized carbons (Fsp3) is 0.263. The molecule has 3 aromatic rings. The van der Waals surface area contributed by atoms with E-state index in [9.17, 15) is 14.7 Å². The van der Waals surface area contributed by atoms with Crippen LogP contribution in [0.3, 0.4) is 0 Å². The van der Waals surface area contributed by atoms with Gasteiger partial charge in [-0.1, -0.05) is 6.07 Å². The Morgan fingerprint density at radius 3 is 2.89 bits per heavy atom. The molecule has 4 rings (SSSR count). The normalized spacial score (nSPS) is 14.7. The highest BCUT2D eigenvalue weighted by atomic mass is 16.5. The highest BCUT2D eigenvalue weighted by Crippen LogP contribution is 2.34. The van der Waals surface area contributed by atoms with Gasteiger partial charge in [0.15, 0.2) is 0 Å². The van der Waals surface area contributed by atoms with Crippen LogP contribution >= 0.6 is 0 Å². The van der Waals surface area contributed by atoms with Gasteiger partial charge in [-0.3, -0.25) is 15.1 Å². The van der Waals surface area contributed by atoms with Crippen LogP contribution in [0.25, 0.3) is 11.0 Å². The molecule has 2 aromatic heterocycles. The lowest BCUT2D eigenvalue weighted by Crippen LogP contribution is -2.16. The number of amides is 1. The van der Waals surface area contributed by atoms with E-state index < -0.39 is 11.9 Å². The number of pyridine rings is 1. The Kier molecular flexibility index (Phi) is 4.23. The Balaban J connectivity index is 1.53. The number of nitrogens with one attached hydrogen (secondary N) is 2. The summed E-state index contributed by atoms with van der Waals surface area (Å²) in [6, 6.07) is 6.40. The third kappa shape index (κ3) is 3.59. The maximum atomic E-state index is 12.5. The number of ether oxygens (including phenoxy) is 1. The number of carboxylic acids is 1. The van der Waals surface area contributed by atoms with Crippen LogP contribution in [-0.4, -0.2) is 38.0 Å². The van der Waals surface area contributed by atoms with E-state index in [1.165, 1.54) is 25.1 Å². The molecular weight excluding hydrogens is 348 g/mol. The minimum atomic E-state index is -1.08. The second kappa shape index (κ2) is 6.71. The molecule has 1 amide bonds. The van der Waals surface area contributed by atoms with Crippen molar-refractivity contribution in [2.75, 3.05) is 5.32 Å². The molecule has 1 aromatic carbocycles. The van der Waals surface area contributed by atoms with Crippen LogP contribution in [0.5, 0.6) is 5.75 Å². The molecule has 8 heteroatoms. The van der Waals surface area contributed by atoms with E-state index in [-0.39, 0.29) is 23.1 Å². The van der Waals surface area contributed by atoms with E-state index in [2.05, 4.69) is 20.3 Å². The van der Waals surface area contributed by atoms with Crippen LogP contribution < -0.4 is 10.1 Å². The van der Waals surface area contributed by atoms with Crippen molar-refractivity contribution in [3.63, 3.8) is 0 Å². The van der Waals surface area contributed by atoms with Gasteiger partial charge < -0.3 is 14.8 Å². The Bertz CT molecular complexity index is 1030. The summed E-state index contributed by atoms with van der Waals surface area (Å²) in [5, 5.41) is 11.9. The van der Waals surface area contributed by atoms with Crippen LogP contribution in [-0.2, 0) is 0 Å². The number of fused-ring (bicyclic) bond motifs is 1. The molecule has 27 heavy (non-hydrogen) atoms. The number of imidazole rings is 1. The van der Waals surface area contributed by atoms with E-state index in [1.54, 1.807) is 24.4 Å². The SMILES string of the molecule is CC(Oc1cncc(C(=O)Nc2nc3c(C(=O)O)cccc3[nH]2)c1)C1CC1. The number of hydrogen-bond acceptors (Lipinski definition) is 5. The van der Waals surface area contributed by atoms with E-state index >= 15 is 0 Å². The fourth-order valence-corrected chi connectivity index (χ4v) is 2.93. The van der Waals surface area contributed by atoms with Crippen molar-refractivity contribution in [1.29, 1.82) is 0 Å². The predicted octanol–water partition coefficient (Wildman–Crippen LogP) is 3.09. The summed E-state index contributed by atoms with van der Waals surface area (Å²) in [7, 11) is 0. The Labute approximate surface area is 154 Å². The van der Waals surface area contributed by atoms with E-state index in [0.717, 1.165) is 0 Å². The van der Waals surface area contributed by atoms with Gasteiger partial charge in [-0.15, -0.1) is 0 Å². The van der Waals surface area contributed by atoms with Gasteiger partial charge in [0.1, 0.15) is 11.3 Å². The van der Waals surface area contributed by atoms with Gasteiger partial charge >= 0.3 is 5.97 Å². The molecule has 1 aliphatic carbocycles. The summed E-state index contributed by atoms with van der Waals surface area (Å²) >= 11 is 0. The topological polar surface area (TPSA) is 117 Å². The molecule has 0 bridgehead atoms. The summed E-state index contributed by atoms with van der Waals surface area (Å²) in [6.07, 6.45) is 5.44. The van der Waals surface area contributed by atoms with Gasteiger partial charge in [0.2, 0.25) is 5.95 Å². The number of para-hydroxylation sites is 1. The van der Waals surface area contributed by atoms with Gasteiger partial charge in [0.05, 0.1) is 28.9 Å². The van der Waals surface area contributed by atoms with Crippen LogP contribution in [0.4, 0.5) is 5.95 Å². The fourth-order valence-electron chi connectivity index (χ4n) is 2.93. The van der Waals surface area contributed by atoms with E-state index in [1.807, 2.05) is 6.92 Å². The molecule has 8 nitrogen and oxygen atoms in total. The van der Waals surface area contributed by atoms with Crippen molar-refractivity contribution in [2.24, 2.45) is 5.92 Å². The Morgan fingerprint density at radius 1 is 1.33 bits per heavy atom. The number of carboxylic acid groups (broad SMARTS) is 1. The first kappa shape index (κ1) is 17.0. The average Bonchev–Trinajstić information content (AvgIpc) is 3.41. The van der Waals surface area contributed by atoms with Crippen molar-refractivity contribution >= 4 is 28.9 Å². The summed E-state index contributed by atoms with van der Waals surface area (Å²) in [5.74, 6) is -0.214. The smallest absolute Gasteiger partial charge is 0.337 e. The maximum Gasteiger partial charge on any atom is 0.337 e. The molecule has 0 aliphatic heterocycles. The van der Waals surface area contributed by atoms with E-state index in [0.29, 0.717) is 22.7 Å². The van der Waals surface area contributed by atoms with Crippen molar-refractivity contribution in [2.45, 2.75) is 25.9 Å². The van der Waals surface area contributed by atoms with Gasteiger partial charge in [-0.2, -0.15) is 0 Å². The number of hydrogen-bond donors (Lipinski definition) is 3. The van der Waals surface area contributed by atoms with Crippen LogP contribution in [0.2, 0.25) is 0 Å². The number of H-pyrrole nitrogens is 1. The molecule has 138 valence electrons. The number of carbonyl (C=O) groups excluding carboxylic acids is 1. The highest BCUT2D eigenvalue weighted by molar-refractivity contribution is 6.05. The van der Waals surface area contributed by atoms with Crippen molar-refractivity contribution in [3.05, 3.63) is 47.8 Å². The van der Waals surface area contributed by atoms with Crippen molar-refractivity contribution in [3.8, 4) is 5.75 Å². The van der Waals surface area contributed by atoms with Gasteiger partial charge in [-0.25, -0.2) is 9.78 Å². The molecule has 1 aliphatic rings. The number of rotatable bonds is 6. The summed E-state index contributed by atoms with van der Waals surface area (Å²) in [4.78, 5) is 34.9. The predicted molar refractivity (Wildman–Crippen MR) is 98.1 cm³/mol. The lowest BCUT2D eigenvalue weighted by atomic mass is 10.2. The Hall–Kier alpha value is -3.42. The van der Waals surface area contributed by atoms with Gasteiger partial charge in [0, 0.05) is 6.20 Å². The molecule has 1 unspecified atom stereocenters. The summed E-state index contributed by atoms with van der Waals surface area (Å²) in [6.45, 7) is 2.01. The minimum Gasteiger partial charge on any atom is -0.489 e. The summed E-state index contributed by atoms with van der Waals surface area (Å²) in [5.41, 5.74) is 1.21. The molecule has 2 heterocycles. The highest BCUT2D eigenvalue weighted by Gasteiger charge is 2.29. The third-order valence-electron chi connectivity index (χ3n) is 4.56. The first-order valence-electron chi connectivity index (χ1n) is 8.66. The van der Waals surface area contributed by atoms with Gasteiger partial charge in [0.25, 0.3) is 5.91 Å². The molecule has 0 radical (unpaired) electrons. The number of carbonyl (C=O) groups is 2. The average molecular weight is 366 g/mol. The van der Waals surface area contributed by atoms with Crippen molar-refractivity contribution in [1.82, 2.24) is 15.0 Å².